The normalized spacial score (nSPS) is 15.3. The zero-order chi connectivity index (χ0) is 18.8. The standard InChI is InChI=1S/C23H24FN3/c1-3-18(4-2)26-23-25-14-16-13-21(15-9-11-17(24)12-10-15)19-7-5-6-8-20(19)22(16)27-23/h5-12,14,18,21H,3-4,13H2,1-2H3,(H,25,26,27). The van der Waals surface area contributed by atoms with Crippen LogP contribution in [0.4, 0.5) is 10.3 Å². The molecule has 1 heterocycles. The third-order valence-corrected chi connectivity index (χ3v) is 5.47. The van der Waals surface area contributed by atoms with Gasteiger partial charge in [0.1, 0.15) is 5.82 Å². The molecule has 0 saturated carbocycles. The maximum atomic E-state index is 13.4. The number of fused-ring (bicyclic) bond motifs is 3. The van der Waals surface area contributed by atoms with Gasteiger partial charge in [-0.05, 0) is 48.1 Å². The zero-order valence-electron chi connectivity index (χ0n) is 15.7. The lowest BCUT2D eigenvalue weighted by Gasteiger charge is -2.28. The van der Waals surface area contributed by atoms with Crippen LogP contribution in [-0.2, 0) is 6.42 Å². The van der Waals surface area contributed by atoms with Crippen molar-refractivity contribution >= 4 is 5.95 Å². The van der Waals surface area contributed by atoms with Gasteiger partial charge in [-0.1, -0.05) is 50.2 Å². The van der Waals surface area contributed by atoms with Gasteiger partial charge >= 0.3 is 0 Å². The van der Waals surface area contributed by atoms with Gasteiger partial charge in [0.05, 0.1) is 5.69 Å². The van der Waals surface area contributed by atoms with E-state index in [1.807, 2.05) is 24.4 Å². The van der Waals surface area contributed by atoms with Crippen molar-refractivity contribution in [2.24, 2.45) is 0 Å². The van der Waals surface area contributed by atoms with E-state index in [9.17, 15) is 4.39 Å². The molecule has 0 saturated heterocycles. The van der Waals surface area contributed by atoms with Gasteiger partial charge < -0.3 is 5.32 Å². The quantitative estimate of drug-likeness (QED) is 0.645. The summed E-state index contributed by atoms with van der Waals surface area (Å²) in [6, 6.07) is 15.6. The predicted octanol–water partition coefficient (Wildman–Crippen LogP) is 5.57. The van der Waals surface area contributed by atoms with Gasteiger partial charge in [0.15, 0.2) is 0 Å². The minimum Gasteiger partial charge on any atom is -0.351 e. The first kappa shape index (κ1) is 17.7. The molecule has 27 heavy (non-hydrogen) atoms. The van der Waals surface area contributed by atoms with Crippen LogP contribution in [0.25, 0.3) is 11.3 Å². The molecule has 1 aliphatic carbocycles. The molecule has 0 fully saturated rings. The van der Waals surface area contributed by atoms with Gasteiger partial charge in [-0.2, -0.15) is 0 Å². The van der Waals surface area contributed by atoms with E-state index in [1.165, 1.54) is 17.7 Å². The number of benzene rings is 2. The fraction of sp³-hybridized carbons (Fsp3) is 0.304. The first-order valence-electron chi connectivity index (χ1n) is 9.66. The van der Waals surface area contributed by atoms with Gasteiger partial charge in [0.2, 0.25) is 5.95 Å². The summed E-state index contributed by atoms with van der Waals surface area (Å²) in [6.45, 7) is 4.34. The molecule has 4 heteroatoms. The minimum absolute atomic E-state index is 0.191. The van der Waals surface area contributed by atoms with E-state index >= 15 is 0 Å². The molecule has 2 aromatic carbocycles. The molecule has 0 spiro atoms. The summed E-state index contributed by atoms with van der Waals surface area (Å²) < 4.78 is 13.4. The van der Waals surface area contributed by atoms with Crippen molar-refractivity contribution in [3.05, 3.63) is 77.2 Å². The Balaban J connectivity index is 1.75. The highest BCUT2D eigenvalue weighted by Crippen LogP contribution is 2.41. The molecule has 138 valence electrons. The Kier molecular flexibility index (Phi) is 4.88. The van der Waals surface area contributed by atoms with Gasteiger partial charge in [0.25, 0.3) is 0 Å². The molecule has 1 aliphatic rings. The molecule has 1 atom stereocenters. The van der Waals surface area contributed by atoms with E-state index in [0.717, 1.165) is 41.6 Å². The number of hydrogen-bond acceptors (Lipinski definition) is 3. The predicted molar refractivity (Wildman–Crippen MR) is 107 cm³/mol. The van der Waals surface area contributed by atoms with Crippen LogP contribution in [0.5, 0.6) is 0 Å². The van der Waals surface area contributed by atoms with Crippen LogP contribution < -0.4 is 5.32 Å². The van der Waals surface area contributed by atoms with Crippen LogP contribution >= 0.6 is 0 Å². The largest absolute Gasteiger partial charge is 0.351 e. The molecular weight excluding hydrogens is 337 g/mol. The Bertz CT molecular complexity index is 933. The van der Waals surface area contributed by atoms with Gasteiger partial charge in [-0.25, -0.2) is 14.4 Å². The highest BCUT2D eigenvalue weighted by atomic mass is 19.1. The molecule has 1 aromatic heterocycles. The second-order valence-corrected chi connectivity index (χ2v) is 7.12. The van der Waals surface area contributed by atoms with Crippen LogP contribution in [0.3, 0.4) is 0 Å². The molecule has 0 aliphatic heterocycles. The summed E-state index contributed by atoms with van der Waals surface area (Å²) in [6.07, 6.45) is 4.85. The van der Waals surface area contributed by atoms with Gasteiger partial charge in [0, 0.05) is 23.7 Å². The zero-order valence-corrected chi connectivity index (χ0v) is 15.7. The van der Waals surface area contributed by atoms with E-state index in [-0.39, 0.29) is 11.7 Å². The lowest BCUT2D eigenvalue weighted by atomic mass is 9.78. The first-order valence-corrected chi connectivity index (χ1v) is 9.66. The van der Waals surface area contributed by atoms with Crippen LogP contribution in [0, 0.1) is 5.82 Å². The third kappa shape index (κ3) is 3.44. The SMILES string of the molecule is CCC(CC)Nc1ncc2c(n1)-c1ccccc1C(c1ccc(F)cc1)C2. The highest BCUT2D eigenvalue weighted by Gasteiger charge is 2.27. The summed E-state index contributed by atoms with van der Waals surface area (Å²) in [5.41, 5.74) is 5.64. The Morgan fingerprint density at radius 1 is 1.07 bits per heavy atom. The Morgan fingerprint density at radius 2 is 1.81 bits per heavy atom. The van der Waals surface area contributed by atoms with E-state index in [1.54, 1.807) is 0 Å². The van der Waals surface area contributed by atoms with Crippen molar-refractivity contribution in [2.45, 2.75) is 45.1 Å². The number of nitrogens with zero attached hydrogens (tertiary/aromatic N) is 2. The monoisotopic (exact) mass is 361 g/mol. The fourth-order valence-electron chi connectivity index (χ4n) is 3.87. The number of halogens is 1. The Hall–Kier alpha value is -2.75. The van der Waals surface area contributed by atoms with Crippen LogP contribution in [-0.4, -0.2) is 16.0 Å². The first-order chi connectivity index (χ1) is 13.2. The Labute approximate surface area is 159 Å². The van der Waals surface area contributed by atoms with Crippen molar-refractivity contribution in [1.82, 2.24) is 9.97 Å². The number of nitrogens with one attached hydrogen (secondary N) is 1. The molecule has 1 unspecified atom stereocenters. The topological polar surface area (TPSA) is 37.8 Å². The summed E-state index contributed by atoms with van der Waals surface area (Å²) in [7, 11) is 0. The smallest absolute Gasteiger partial charge is 0.223 e. The van der Waals surface area contributed by atoms with Crippen LogP contribution in [0.15, 0.2) is 54.7 Å². The maximum absolute atomic E-state index is 13.4. The maximum Gasteiger partial charge on any atom is 0.223 e. The van der Waals surface area contributed by atoms with E-state index < -0.39 is 0 Å². The molecule has 1 N–H and O–H groups in total. The van der Waals surface area contributed by atoms with Gasteiger partial charge in [-0.15, -0.1) is 0 Å². The number of rotatable bonds is 5. The summed E-state index contributed by atoms with van der Waals surface area (Å²) in [5, 5.41) is 3.44. The molecular formula is C23H24FN3. The molecule has 0 amide bonds. The van der Waals surface area contributed by atoms with Crippen molar-refractivity contribution in [3.63, 3.8) is 0 Å². The molecule has 3 aromatic rings. The van der Waals surface area contributed by atoms with E-state index in [0.29, 0.717) is 12.0 Å². The lowest BCUT2D eigenvalue weighted by Crippen LogP contribution is -2.20. The molecule has 4 rings (SSSR count). The number of hydrogen-bond donors (Lipinski definition) is 1. The number of anilines is 1. The van der Waals surface area contributed by atoms with E-state index in [4.69, 9.17) is 4.98 Å². The lowest BCUT2D eigenvalue weighted by molar-refractivity contribution is 0.626. The average molecular weight is 361 g/mol. The Morgan fingerprint density at radius 3 is 2.56 bits per heavy atom. The van der Waals surface area contributed by atoms with Crippen LogP contribution in [0.1, 0.15) is 49.3 Å². The van der Waals surface area contributed by atoms with Crippen molar-refractivity contribution in [2.75, 3.05) is 5.32 Å². The second kappa shape index (κ2) is 7.47. The highest BCUT2D eigenvalue weighted by molar-refractivity contribution is 5.72. The average Bonchev–Trinajstić information content (AvgIpc) is 2.72. The summed E-state index contributed by atoms with van der Waals surface area (Å²) in [5.74, 6) is 0.678. The van der Waals surface area contributed by atoms with Crippen LogP contribution in [0.2, 0.25) is 0 Å². The summed E-state index contributed by atoms with van der Waals surface area (Å²) in [4.78, 5) is 9.41. The molecule has 0 radical (unpaired) electrons. The third-order valence-electron chi connectivity index (χ3n) is 5.47. The minimum atomic E-state index is -0.205. The van der Waals surface area contributed by atoms with Crippen molar-refractivity contribution in [3.8, 4) is 11.3 Å². The summed E-state index contributed by atoms with van der Waals surface area (Å²) >= 11 is 0. The fourth-order valence-corrected chi connectivity index (χ4v) is 3.87. The number of aromatic nitrogens is 2. The molecule has 0 bridgehead atoms. The van der Waals surface area contributed by atoms with Crippen molar-refractivity contribution < 1.29 is 4.39 Å². The second-order valence-electron chi connectivity index (χ2n) is 7.12. The molecule has 3 nitrogen and oxygen atoms in total. The van der Waals surface area contributed by atoms with Gasteiger partial charge in [-0.3, -0.25) is 0 Å². The van der Waals surface area contributed by atoms with E-state index in [2.05, 4.69) is 42.3 Å². The van der Waals surface area contributed by atoms with Crippen molar-refractivity contribution in [1.29, 1.82) is 0 Å².